The zero-order valence-electron chi connectivity index (χ0n) is 28.2. The van der Waals surface area contributed by atoms with E-state index in [1.165, 1.54) is 29.2 Å². The molecule has 0 fully saturated rings. The Bertz CT molecular complexity index is 2230. The van der Waals surface area contributed by atoms with Gasteiger partial charge < -0.3 is 20.7 Å². The first kappa shape index (κ1) is 37.4. The summed E-state index contributed by atoms with van der Waals surface area (Å²) in [5.74, 6) is -0.478. The van der Waals surface area contributed by atoms with Gasteiger partial charge >= 0.3 is 0 Å². The van der Waals surface area contributed by atoms with Crippen molar-refractivity contribution >= 4 is 80.9 Å². The normalized spacial score (nSPS) is 11.7. The molecule has 1 heterocycles. The average molecular weight is 780 g/mol. The van der Waals surface area contributed by atoms with Gasteiger partial charge in [-0.1, -0.05) is 83.9 Å². The van der Waals surface area contributed by atoms with Crippen LogP contribution in [0.5, 0.6) is 5.75 Å². The van der Waals surface area contributed by atoms with Gasteiger partial charge in [0.2, 0.25) is 5.91 Å². The lowest BCUT2D eigenvalue weighted by atomic mass is 10.1. The highest BCUT2D eigenvalue weighted by molar-refractivity contribution is 8.00. The van der Waals surface area contributed by atoms with Crippen molar-refractivity contribution < 1.29 is 19.1 Å². The molecule has 3 N–H and O–H groups in total. The number of rotatable bonds is 13. The van der Waals surface area contributed by atoms with Crippen LogP contribution in [0.15, 0.2) is 143 Å². The summed E-state index contributed by atoms with van der Waals surface area (Å²) < 4.78 is 5.54. The quantitative estimate of drug-likeness (QED) is 0.0796. The third-order valence-corrected chi connectivity index (χ3v) is 10.6. The number of amides is 3. The largest absolute Gasteiger partial charge is 0.494 e. The maximum absolute atomic E-state index is 13.8. The maximum Gasteiger partial charge on any atom is 0.272 e. The van der Waals surface area contributed by atoms with Crippen LogP contribution in [-0.4, -0.2) is 29.3 Å². The lowest BCUT2D eigenvalue weighted by Gasteiger charge is -2.17. The fourth-order valence-corrected chi connectivity index (χ4v) is 7.21. The Kier molecular flexibility index (Phi) is 12.6. The monoisotopic (exact) mass is 778 g/mol. The minimum atomic E-state index is -0.598. The summed E-state index contributed by atoms with van der Waals surface area (Å²) in [6.45, 7) is 2.52. The van der Waals surface area contributed by atoms with Gasteiger partial charge in [-0.05, 0) is 90.9 Å². The number of carbonyl (C=O) groups is 3. The second kappa shape index (κ2) is 17.9. The molecule has 0 bridgehead atoms. The fraction of sp³-hybridized carbons (Fsp3) is 0.0732. The van der Waals surface area contributed by atoms with Crippen molar-refractivity contribution in [3.8, 4) is 17.0 Å². The van der Waals surface area contributed by atoms with Crippen LogP contribution in [0.25, 0.3) is 17.3 Å². The Balaban J connectivity index is 1.17. The van der Waals surface area contributed by atoms with Gasteiger partial charge in [-0.25, -0.2) is 4.98 Å². The molecule has 0 aliphatic carbocycles. The topological polar surface area (TPSA) is 109 Å². The van der Waals surface area contributed by atoms with Crippen molar-refractivity contribution in [3.05, 3.63) is 165 Å². The molecule has 5 aromatic carbocycles. The van der Waals surface area contributed by atoms with E-state index in [9.17, 15) is 14.4 Å². The van der Waals surface area contributed by atoms with Crippen molar-refractivity contribution in [3.63, 3.8) is 0 Å². The molecule has 0 radical (unpaired) electrons. The maximum atomic E-state index is 13.8. The molecule has 0 aliphatic heterocycles. The fourth-order valence-electron chi connectivity index (χ4n) is 5.11. The van der Waals surface area contributed by atoms with Crippen LogP contribution in [0.2, 0.25) is 10.0 Å². The molecular weight excluding hydrogens is 748 g/mol. The van der Waals surface area contributed by atoms with Gasteiger partial charge in [0, 0.05) is 27.1 Å². The van der Waals surface area contributed by atoms with Crippen molar-refractivity contribution in [2.45, 2.75) is 17.1 Å². The zero-order chi connectivity index (χ0) is 37.2. The van der Waals surface area contributed by atoms with E-state index in [2.05, 4.69) is 20.9 Å². The first-order valence-electron chi connectivity index (χ1n) is 16.4. The van der Waals surface area contributed by atoms with Gasteiger partial charge in [0.15, 0.2) is 5.13 Å². The molecule has 1 aromatic heterocycles. The third-order valence-electron chi connectivity index (χ3n) is 7.71. The highest BCUT2D eigenvalue weighted by Gasteiger charge is 2.24. The number of halogens is 2. The minimum Gasteiger partial charge on any atom is -0.494 e. The van der Waals surface area contributed by atoms with Crippen LogP contribution in [-0.2, 0) is 9.59 Å². The number of carbonyl (C=O) groups excluding carboxylic acids is 3. The Morgan fingerprint density at radius 1 is 0.830 bits per heavy atom. The van der Waals surface area contributed by atoms with E-state index in [1.807, 2.05) is 79.0 Å². The summed E-state index contributed by atoms with van der Waals surface area (Å²) >= 11 is 15.3. The Labute approximate surface area is 325 Å². The number of nitrogens with one attached hydrogen (secondary N) is 3. The van der Waals surface area contributed by atoms with E-state index in [-0.39, 0.29) is 16.6 Å². The number of benzene rings is 5. The predicted octanol–water partition coefficient (Wildman–Crippen LogP) is 10.4. The van der Waals surface area contributed by atoms with E-state index in [4.69, 9.17) is 27.9 Å². The van der Waals surface area contributed by atoms with Crippen molar-refractivity contribution in [2.75, 3.05) is 17.2 Å². The van der Waals surface area contributed by atoms with Crippen molar-refractivity contribution in [1.82, 2.24) is 10.3 Å². The summed E-state index contributed by atoms with van der Waals surface area (Å²) in [4.78, 5) is 45.8. The lowest BCUT2D eigenvalue weighted by Crippen LogP contribution is -2.30. The molecule has 0 saturated carbocycles. The highest BCUT2D eigenvalue weighted by atomic mass is 35.5. The molecule has 0 spiro atoms. The number of aromatic nitrogens is 1. The van der Waals surface area contributed by atoms with Gasteiger partial charge in [-0.3, -0.25) is 14.4 Å². The van der Waals surface area contributed by atoms with Crippen LogP contribution in [0, 0.1) is 0 Å². The first-order chi connectivity index (χ1) is 25.8. The second-order valence-electron chi connectivity index (χ2n) is 11.4. The smallest absolute Gasteiger partial charge is 0.272 e. The van der Waals surface area contributed by atoms with Gasteiger partial charge in [-0.15, -0.1) is 23.1 Å². The number of hydrogen-bond acceptors (Lipinski definition) is 7. The van der Waals surface area contributed by atoms with Gasteiger partial charge in [0.25, 0.3) is 11.8 Å². The molecule has 53 heavy (non-hydrogen) atoms. The minimum absolute atomic E-state index is 0.0323. The molecule has 0 saturated heterocycles. The van der Waals surface area contributed by atoms with Gasteiger partial charge in [-0.2, -0.15) is 0 Å². The SMILES string of the molecule is CCOc1ccc(-c2csc(NC(=O)C(Sc3ccc(NC(=O)/C(=C/c4cccc(Cl)c4Cl)NC(=O)c4ccccc4)cc3)c3ccccc3)n2)cc1. The number of anilines is 2. The van der Waals surface area contributed by atoms with Crippen LogP contribution in [0.3, 0.4) is 0 Å². The summed E-state index contributed by atoms with van der Waals surface area (Å²) in [6.07, 6.45) is 1.47. The van der Waals surface area contributed by atoms with Crippen molar-refractivity contribution in [1.29, 1.82) is 0 Å². The molecule has 6 rings (SSSR count). The van der Waals surface area contributed by atoms with Crippen LogP contribution >= 0.6 is 46.3 Å². The Hall–Kier alpha value is -5.39. The zero-order valence-corrected chi connectivity index (χ0v) is 31.4. The lowest BCUT2D eigenvalue weighted by molar-refractivity contribution is -0.116. The average Bonchev–Trinajstić information content (AvgIpc) is 3.65. The van der Waals surface area contributed by atoms with E-state index >= 15 is 0 Å². The third kappa shape index (κ3) is 9.94. The first-order valence-corrected chi connectivity index (χ1v) is 18.9. The molecule has 3 amide bonds. The van der Waals surface area contributed by atoms with Gasteiger partial charge in [0.05, 0.1) is 22.3 Å². The van der Waals surface area contributed by atoms with Crippen LogP contribution in [0.1, 0.15) is 33.7 Å². The van der Waals surface area contributed by atoms with E-state index in [0.717, 1.165) is 27.5 Å². The number of ether oxygens (including phenoxy) is 1. The molecule has 1 atom stereocenters. The molecule has 0 aliphatic rings. The number of thioether (sulfide) groups is 1. The van der Waals surface area contributed by atoms with Gasteiger partial charge in [0.1, 0.15) is 16.7 Å². The summed E-state index contributed by atoms with van der Waals surface area (Å²) in [5, 5.41) is 10.9. The predicted molar refractivity (Wildman–Crippen MR) is 216 cm³/mol. The van der Waals surface area contributed by atoms with Crippen LogP contribution in [0.4, 0.5) is 10.8 Å². The number of hydrogen-bond donors (Lipinski definition) is 3. The molecule has 266 valence electrons. The molecular formula is C41H32Cl2N4O4S2. The summed E-state index contributed by atoms with van der Waals surface area (Å²) in [6, 6.07) is 37.8. The second-order valence-corrected chi connectivity index (χ2v) is 14.2. The number of nitrogens with zero attached hydrogens (tertiary/aromatic N) is 1. The molecule has 12 heteroatoms. The summed E-state index contributed by atoms with van der Waals surface area (Å²) in [5.41, 5.74) is 3.77. The standard InChI is InChI=1S/C41H32Cl2N4O4S2/c1-2-51-31-20-16-26(17-21-31)35-25-52-41(46-35)47-40(50)37(27-10-5-3-6-11-27)53-32-22-18-30(19-23-32)44-39(49)34(24-29-14-9-15-33(42)36(29)43)45-38(48)28-12-7-4-8-13-28/h3-25,37H,2H2,1H3,(H,44,49)(H,45,48)(H,46,47,50)/b34-24-. The highest BCUT2D eigenvalue weighted by Crippen LogP contribution is 2.37. The Morgan fingerprint density at radius 2 is 1.53 bits per heavy atom. The van der Waals surface area contributed by atoms with Crippen LogP contribution < -0.4 is 20.7 Å². The van der Waals surface area contributed by atoms with E-state index in [1.54, 1.807) is 60.7 Å². The molecule has 8 nitrogen and oxygen atoms in total. The molecule has 1 unspecified atom stereocenters. The van der Waals surface area contributed by atoms with Crippen molar-refractivity contribution in [2.24, 2.45) is 0 Å². The van der Waals surface area contributed by atoms with E-state index in [0.29, 0.717) is 33.6 Å². The Morgan fingerprint density at radius 3 is 2.23 bits per heavy atom. The number of thiazole rings is 1. The van der Waals surface area contributed by atoms with E-state index < -0.39 is 17.1 Å². The molecule has 6 aromatic rings. The summed E-state index contributed by atoms with van der Waals surface area (Å²) in [7, 11) is 0.